The molecule has 1 atom stereocenters. The molecule has 0 bridgehead atoms. The Balaban J connectivity index is 2.72. The number of carbonyl (C=O) groups excluding carboxylic acids is 1. The SMILES string of the molecule is CC(C)C1=CC(=O)OC1CC(=O)O. The van der Waals surface area contributed by atoms with Gasteiger partial charge in [0.15, 0.2) is 0 Å². The van der Waals surface area contributed by atoms with Crippen LogP contribution in [0.5, 0.6) is 0 Å². The second kappa shape index (κ2) is 3.60. The Kier molecular flexibility index (Phi) is 2.70. The Morgan fingerprint density at radius 2 is 2.31 bits per heavy atom. The van der Waals surface area contributed by atoms with Crippen LogP contribution in [0.3, 0.4) is 0 Å². The highest BCUT2D eigenvalue weighted by Gasteiger charge is 2.29. The van der Waals surface area contributed by atoms with Crippen LogP contribution in [0.1, 0.15) is 20.3 Å². The van der Waals surface area contributed by atoms with Crippen LogP contribution < -0.4 is 0 Å². The summed E-state index contributed by atoms with van der Waals surface area (Å²) in [5.74, 6) is -1.24. The predicted octanol–water partition coefficient (Wildman–Crippen LogP) is 0.969. The zero-order valence-electron chi connectivity index (χ0n) is 7.61. The van der Waals surface area contributed by atoms with E-state index in [1.54, 1.807) is 0 Å². The predicted molar refractivity (Wildman–Crippen MR) is 45.1 cm³/mol. The van der Waals surface area contributed by atoms with Crippen LogP contribution in [0.2, 0.25) is 0 Å². The molecule has 0 amide bonds. The zero-order chi connectivity index (χ0) is 10.0. The molecule has 0 spiro atoms. The molecule has 0 aromatic heterocycles. The van der Waals surface area contributed by atoms with Crippen LogP contribution in [0.4, 0.5) is 0 Å². The molecule has 4 nitrogen and oxygen atoms in total. The Morgan fingerprint density at radius 3 is 2.77 bits per heavy atom. The summed E-state index contributed by atoms with van der Waals surface area (Å²) in [6, 6.07) is 0. The molecule has 0 fully saturated rings. The molecule has 13 heavy (non-hydrogen) atoms. The first-order chi connectivity index (χ1) is 6.00. The van der Waals surface area contributed by atoms with Crippen LogP contribution in [0.15, 0.2) is 11.6 Å². The minimum absolute atomic E-state index is 0.143. The molecule has 0 aliphatic carbocycles. The standard InChI is InChI=1S/C9H12O4/c1-5(2)6-3-9(12)13-7(6)4-8(10)11/h3,5,7H,4H2,1-2H3,(H,10,11). The third kappa shape index (κ3) is 2.31. The van der Waals surface area contributed by atoms with Gasteiger partial charge in [0, 0.05) is 6.08 Å². The van der Waals surface area contributed by atoms with Gasteiger partial charge in [0.2, 0.25) is 0 Å². The molecule has 4 heteroatoms. The molecule has 0 radical (unpaired) electrons. The van der Waals surface area contributed by atoms with E-state index in [9.17, 15) is 9.59 Å². The Morgan fingerprint density at radius 1 is 1.69 bits per heavy atom. The van der Waals surface area contributed by atoms with Crippen molar-refractivity contribution in [2.24, 2.45) is 5.92 Å². The Labute approximate surface area is 76.2 Å². The van der Waals surface area contributed by atoms with Crippen LogP contribution >= 0.6 is 0 Å². The van der Waals surface area contributed by atoms with E-state index in [4.69, 9.17) is 9.84 Å². The van der Waals surface area contributed by atoms with Gasteiger partial charge in [-0.2, -0.15) is 0 Å². The second-order valence-electron chi connectivity index (χ2n) is 3.32. The van der Waals surface area contributed by atoms with E-state index in [1.165, 1.54) is 6.08 Å². The number of aliphatic carboxylic acids is 1. The van der Waals surface area contributed by atoms with E-state index < -0.39 is 18.0 Å². The summed E-state index contributed by atoms with van der Waals surface area (Å²) < 4.78 is 4.83. The van der Waals surface area contributed by atoms with Crippen molar-refractivity contribution in [2.45, 2.75) is 26.4 Å². The van der Waals surface area contributed by atoms with Gasteiger partial charge in [-0.05, 0) is 11.5 Å². The smallest absolute Gasteiger partial charge is 0.331 e. The van der Waals surface area contributed by atoms with Gasteiger partial charge >= 0.3 is 11.9 Å². The second-order valence-corrected chi connectivity index (χ2v) is 3.32. The molecule has 1 aliphatic rings. The fraction of sp³-hybridized carbons (Fsp3) is 0.556. The van der Waals surface area contributed by atoms with Crippen molar-refractivity contribution < 1.29 is 19.4 Å². The number of carboxylic acids is 1. The Hall–Kier alpha value is -1.32. The van der Waals surface area contributed by atoms with E-state index in [0.717, 1.165) is 5.57 Å². The van der Waals surface area contributed by atoms with E-state index in [1.807, 2.05) is 13.8 Å². The quantitative estimate of drug-likeness (QED) is 0.664. The molecule has 1 rings (SSSR count). The van der Waals surface area contributed by atoms with Crippen LogP contribution in [0, 0.1) is 5.92 Å². The molecule has 1 aliphatic heterocycles. The van der Waals surface area contributed by atoms with Crippen molar-refractivity contribution in [3.05, 3.63) is 11.6 Å². The molecular formula is C9H12O4. The molecule has 0 aromatic rings. The molecule has 72 valence electrons. The van der Waals surface area contributed by atoms with Gasteiger partial charge in [0.1, 0.15) is 6.10 Å². The van der Waals surface area contributed by atoms with Crippen LogP contribution in [-0.2, 0) is 14.3 Å². The summed E-state index contributed by atoms with van der Waals surface area (Å²) >= 11 is 0. The zero-order valence-corrected chi connectivity index (χ0v) is 7.61. The van der Waals surface area contributed by atoms with E-state index >= 15 is 0 Å². The molecule has 1 unspecified atom stereocenters. The lowest BCUT2D eigenvalue weighted by molar-refractivity contribution is -0.144. The van der Waals surface area contributed by atoms with Gasteiger partial charge in [0.25, 0.3) is 0 Å². The maximum Gasteiger partial charge on any atom is 0.331 e. The fourth-order valence-electron chi connectivity index (χ4n) is 1.33. The maximum absolute atomic E-state index is 10.9. The number of hydrogen-bond acceptors (Lipinski definition) is 3. The lowest BCUT2D eigenvalue weighted by atomic mass is 9.97. The molecule has 0 aromatic carbocycles. The summed E-state index contributed by atoms with van der Waals surface area (Å²) in [5.41, 5.74) is 0.771. The van der Waals surface area contributed by atoms with Crippen molar-refractivity contribution in [1.82, 2.24) is 0 Å². The van der Waals surface area contributed by atoms with Gasteiger partial charge in [-0.3, -0.25) is 4.79 Å². The van der Waals surface area contributed by atoms with Gasteiger partial charge in [-0.15, -0.1) is 0 Å². The molecule has 0 saturated heterocycles. The van der Waals surface area contributed by atoms with Crippen LogP contribution in [0.25, 0.3) is 0 Å². The average molecular weight is 184 g/mol. The van der Waals surface area contributed by atoms with Gasteiger partial charge in [0.05, 0.1) is 6.42 Å². The highest BCUT2D eigenvalue weighted by atomic mass is 16.5. The van der Waals surface area contributed by atoms with E-state index in [2.05, 4.69) is 0 Å². The van der Waals surface area contributed by atoms with Crippen molar-refractivity contribution in [2.75, 3.05) is 0 Å². The van der Waals surface area contributed by atoms with Crippen LogP contribution in [-0.4, -0.2) is 23.1 Å². The highest BCUT2D eigenvalue weighted by molar-refractivity contribution is 5.86. The molecule has 1 heterocycles. The topological polar surface area (TPSA) is 63.6 Å². The number of hydrogen-bond donors (Lipinski definition) is 1. The summed E-state index contributed by atoms with van der Waals surface area (Å²) in [5, 5.41) is 8.54. The minimum atomic E-state index is -0.953. The maximum atomic E-state index is 10.9. The number of cyclic esters (lactones) is 1. The summed E-state index contributed by atoms with van der Waals surface area (Å²) in [6.07, 6.45) is 0.679. The first-order valence-corrected chi connectivity index (χ1v) is 4.14. The fourth-order valence-corrected chi connectivity index (χ4v) is 1.33. The highest BCUT2D eigenvalue weighted by Crippen LogP contribution is 2.25. The number of carbonyl (C=O) groups is 2. The summed E-state index contributed by atoms with van der Waals surface area (Å²) in [4.78, 5) is 21.3. The van der Waals surface area contributed by atoms with Gasteiger partial charge in [-0.1, -0.05) is 13.8 Å². The average Bonchev–Trinajstić information content (AvgIpc) is 2.29. The van der Waals surface area contributed by atoms with Crippen molar-refractivity contribution >= 4 is 11.9 Å². The van der Waals surface area contributed by atoms with Gasteiger partial charge < -0.3 is 9.84 Å². The number of esters is 1. The lowest BCUT2D eigenvalue weighted by Gasteiger charge is -2.14. The first kappa shape index (κ1) is 9.77. The van der Waals surface area contributed by atoms with Crippen molar-refractivity contribution in [1.29, 1.82) is 0 Å². The monoisotopic (exact) mass is 184 g/mol. The largest absolute Gasteiger partial charge is 0.481 e. The Bertz CT molecular complexity index is 265. The lowest BCUT2D eigenvalue weighted by Crippen LogP contribution is -2.19. The first-order valence-electron chi connectivity index (χ1n) is 4.14. The third-order valence-electron chi connectivity index (χ3n) is 1.94. The van der Waals surface area contributed by atoms with Gasteiger partial charge in [-0.25, -0.2) is 4.79 Å². The third-order valence-corrected chi connectivity index (χ3v) is 1.94. The van der Waals surface area contributed by atoms with Crippen molar-refractivity contribution in [3.8, 4) is 0 Å². The summed E-state index contributed by atoms with van der Waals surface area (Å²) in [6.45, 7) is 3.81. The number of rotatable bonds is 3. The van der Waals surface area contributed by atoms with E-state index in [-0.39, 0.29) is 12.3 Å². The molecular weight excluding hydrogens is 172 g/mol. The van der Waals surface area contributed by atoms with E-state index in [0.29, 0.717) is 0 Å². The van der Waals surface area contributed by atoms with Crippen molar-refractivity contribution in [3.63, 3.8) is 0 Å². The minimum Gasteiger partial charge on any atom is -0.481 e. The summed E-state index contributed by atoms with van der Waals surface area (Å²) in [7, 11) is 0. The number of carboxylic acid groups (broad SMARTS) is 1. The molecule has 1 N–H and O–H groups in total. The number of ether oxygens (including phenoxy) is 1. The normalized spacial score (nSPS) is 21.6. The molecule has 0 saturated carbocycles.